The van der Waals surface area contributed by atoms with E-state index in [2.05, 4.69) is 41.7 Å². The van der Waals surface area contributed by atoms with E-state index in [1.54, 1.807) is 0 Å². The molecule has 2 aromatic rings. The molecule has 1 aromatic heterocycles. The molecule has 1 amide bonds. The highest BCUT2D eigenvalue weighted by atomic mass is 16.1. The summed E-state index contributed by atoms with van der Waals surface area (Å²) in [7, 11) is 0. The van der Waals surface area contributed by atoms with Gasteiger partial charge in [-0.2, -0.15) is 0 Å². The van der Waals surface area contributed by atoms with E-state index >= 15 is 0 Å². The smallest absolute Gasteiger partial charge is 0.251 e. The summed E-state index contributed by atoms with van der Waals surface area (Å²) in [4.78, 5) is 19.5. The summed E-state index contributed by atoms with van der Waals surface area (Å²) in [5.74, 6) is -0.163. The Bertz CT molecular complexity index is 867. The van der Waals surface area contributed by atoms with Crippen molar-refractivity contribution in [3.8, 4) is 11.1 Å². The van der Waals surface area contributed by atoms with Gasteiger partial charge in [-0.05, 0) is 68.1 Å². The van der Waals surface area contributed by atoms with Gasteiger partial charge in [0.1, 0.15) is 0 Å². The van der Waals surface area contributed by atoms with Crippen molar-refractivity contribution < 1.29 is 4.79 Å². The average molecular weight is 393 g/mol. The van der Waals surface area contributed by atoms with Gasteiger partial charge in [0, 0.05) is 47.4 Å². The van der Waals surface area contributed by atoms with E-state index in [9.17, 15) is 4.79 Å². The Morgan fingerprint density at radius 2 is 1.90 bits per heavy atom. The highest BCUT2D eigenvalue weighted by molar-refractivity contribution is 6.20. The van der Waals surface area contributed by atoms with Crippen LogP contribution in [0.25, 0.3) is 16.7 Å². The Hall–Kier alpha value is -2.66. The molecule has 2 heterocycles. The summed E-state index contributed by atoms with van der Waals surface area (Å²) in [5, 5.41) is 3.04. The molecule has 0 atom stereocenters. The quantitative estimate of drug-likeness (QED) is 0.520. The lowest BCUT2D eigenvalue weighted by atomic mass is 9.97. The minimum atomic E-state index is -0.163. The summed E-state index contributed by atoms with van der Waals surface area (Å²) < 4.78 is 0. The average Bonchev–Trinajstić information content (AvgIpc) is 3.25. The van der Waals surface area contributed by atoms with Crippen molar-refractivity contribution in [1.82, 2.24) is 15.2 Å². The molecule has 1 aliphatic heterocycles. The molecule has 154 valence electrons. The fourth-order valence-electron chi connectivity index (χ4n) is 3.82. The van der Waals surface area contributed by atoms with Crippen molar-refractivity contribution in [2.45, 2.75) is 52.1 Å². The third kappa shape index (κ3) is 5.24. The Kier molecular flexibility index (Phi) is 7.04. The second-order valence-corrected chi connectivity index (χ2v) is 7.83. The fraction of sp³-hybridized carbons (Fsp3) is 0.417. The maximum absolute atomic E-state index is 12.6. The van der Waals surface area contributed by atoms with Gasteiger partial charge in [-0.1, -0.05) is 26.5 Å². The number of hydrogen-bond acceptors (Lipinski definition) is 4. The van der Waals surface area contributed by atoms with Gasteiger partial charge in [0.2, 0.25) is 0 Å². The number of benzene rings is 1. The highest BCUT2D eigenvalue weighted by Crippen LogP contribution is 2.28. The monoisotopic (exact) mass is 392 g/mol. The predicted molar refractivity (Wildman–Crippen MR) is 120 cm³/mol. The highest BCUT2D eigenvalue weighted by Gasteiger charge is 2.17. The van der Waals surface area contributed by atoms with Gasteiger partial charge >= 0.3 is 0 Å². The molecule has 0 unspecified atom stereocenters. The number of carbonyl (C=O) groups is 1. The number of amides is 1. The molecule has 1 aliphatic rings. The van der Waals surface area contributed by atoms with Gasteiger partial charge in [0.25, 0.3) is 5.91 Å². The van der Waals surface area contributed by atoms with Gasteiger partial charge in [-0.15, -0.1) is 0 Å². The van der Waals surface area contributed by atoms with Crippen LogP contribution in [-0.4, -0.2) is 34.9 Å². The van der Waals surface area contributed by atoms with E-state index < -0.39 is 0 Å². The largest absolute Gasteiger partial charge is 0.398 e. The molecule has 1 aromatic carbocycles. The first kappa shape index (κ1) is 21.1. The van der Waals surface area contributed by atoms with Crippen LogP contribution in [-0.2, 0) is 11.3 Å². The standard InChI is InChI=1S/C24H32N4O/c1-4-21(5-2)27-24(29)17(3)22-13-19(8-9-23(22)25)20-12-18(14-26-15-20)16-28-10-6-7-11-28/h8-9,12-15,21H,3-7,10-11,16,25H2,1-2H3,(H,27,29). The van der Waals surface area contributed by atoms with E-state index in [1.807, 2.05) is 30.6 Å². The summed E-state index contributed by atoms with van der Waals surface area (Å²) in [5.41, 5.74) is 11.0. The SMILES string of the molecule is C=C(C(=O)NC(CC)CC)c1cc(-c2cncc(CN3CCCC3)c2)ccc1N. The van der Waals surface area contributed by atoms with Gasteiger partial charge in [-0.25, -0.2) is 0 Å². The summed E-state index contributed by atoms with van der Waals surface area (Å²) in [6.45, 7) is 11.4. The maximum atomic E-state index is 12.6. The third-order valence-corrected chi connectivity index (χ3v) is 5.71. The van der Waals surface area contributed by atoms with Gasteiger partial charge in [0.15, 0.2) is 0 Å². The first-order valence-corrected chi connectivity index (χ1v) is 10.6. The molecule has 0 radical (unpaired) electrons. The van der Waals surface area contributed by atoms with Crippen LogP contribution in [0.1, 0.15) is 50.7 Å². The summed E-state index contributed by atoms with van der Waals surface area (Å²) in [6, 6.07) is 8.08. The van der Waals surface area contributed by atoms with Crippen LogP contribution in [0.4, 0.5) is 5.69 Å². The molecule has 0 spiro atoms. The Balaban J connectivity index is 1.81. The minimum absolute atomic E-state index is 0.148. The number of aromatic nitrogens is 1. The molecular formula is C24H32N4O. The third-order valence-electron chi connectivity index (χ3n) is 5.71. The zero-order chi connectivity index (χ0) is 20.8. The molecule has 1 fully saturated rings. The number of nitrogens with two attached hydrogens (primary N) is 1. The lowest BCUT2D eigenvalue weighted by Gasteiger charge is -2.17. The normalized spacial score (nSPS) is 14.3. The van der Waals surface area contributed by atoms with Gasteiger partial charge in [-0.3, -0.25) is 14.7 Å². The number of rotatable bonds is 8. The number of anilines is 1. The van der Waals surface area contributed by atoms with Crippen molar-refractivity contribution in [2.75, 3.05) is 18.8 Å². The van der Waals surface area contributed by atoms with Crippen LogP contribution in [0, 0.1) is 0 Å². The number of pyridine rings is 1. The number of nitrogen functional groups attached to an aromatic ring is 1. The van der Waals surface area contributed by atoms with Crippen molar-refractivity contribution in [3.63, 3.8) is 0 Å². The van der Waals surface area contributed by atoms with Crippen molar-refractivity contribution in [1.29, 1.82) is 0 Å². The maximum Gasteiger partial charge on any atom is 0.251 e. The second kappa shape index (κ2) is 9.70. The lowest BCUT2D eigenvalue weighted by molar-refractivity contribution is -0.116. The van der Waals surface area contributed by atoms with Gasteiger partial charge < -0.3 is 11.1 Å². The zero-order valence-electron chi connectivity index (χ0n) is 17.6. The molecule has 29 heavy (non-hydrogen) atoms. The van der Waals surface area contributed by atoms with Crippen LogP contribution in [0.3, 0.4) is 0 Å². The number of likely N-dealkylation sites (tertiary alicyclic amines) is 1. The number of nitrogens with one attached hydrogen (secondary N) is 1. The Labute approximate surface area is 174 Å². The molecule has 3 rings (SSSR count). The summed E-state index contributed by atoms with van der Waals surface area (Å²) in [6.07, 6.45) is 8.12. The number of hydrogen-bond donors (Lipinski definition) is 2. The van der Waals surface area contributed by atoms with Crippen molar-refractivity contribution >= 4 is 17.2 Å². The molecule has 1 saturated heterocycles. The number of carbonyl (C=O) groups excluding carboxylic acids is 1. The van der Waals surface area contributed by atoms with Crippen LogP contribution < -0.4 is 11.1 Å². The Morgan fingerprint density at radius 3 is 2.59 bits per heavy atom. The second-order valence-electron chi connectivity index (χ2n) is 7.83. The van der Waals surface area contributed by atoms with Crippen molar-refractivity contribution in [2.24, 2.45) is 0 Å². The molecule has 0 aliphatic carbocycles. The first-order chi connectivity index (χ1) is 14.0. The van der Waals surface area contributed by atoms with Crippen LogP contribution in [0.2, 0.25) is 0 Å². The lowest BCUT2D eigenvalue weighted by Crippen LogP contribution is -2.34. The predicted octanol–water partition coefficient (Wildman–Crippen LogP) is 4.24. The van der Waals surface area contributed by atoms with Crippen LogP contribution >= 0.6 is 0 Å². The van der Waals surface area contributed by atoms with E-state index in [-0.39, 0.29) is 11.9 Å². The fourth-order valence-corrected chi connectivity index (χ4v) is 3.82. The van der Waals surface area contributed by atoms with E-state index in [1.165, 1.54) is 18.4 Å². The van der Waals surface area contributed by atoms with Crippen molar-refractivity contribution in [3.05, 3.63) is 54.4 Å². The molecule has 5 heteroatoms. The topological polar surface area (TPSA) is 71.2 Å². The molecule has 3 N–H and O–H groups in total. The van der Waals surface area contributed by atoms with Crippen LogP contribution in [0.15, 0.2) is 43.2 Å². The molecule has 5 nitrogen and oxygen atoms in total. The van der Waals surface area contributed by atoms with E-state index in [0.717, 1.165) is 43.6 Å². The van der Waals surface area contributed by atoms with E-state index in [0.29, 0.717) is 16.8 Å². The van der Waals surface area contributed by atoms with Gasteiger partial charge in [0.05, 0.1) is 0 Å². The molecular weight excluding hydrogens is 360 g/mol. The van der Waals surface area contributed by atoms with Crippen LogP contribution in [0.5, 0.6) is 0 Å². The summed E-state index contributed by atoms with van der Waals surface area (Å²) >= 11 is 0. The number of nitrogens with zero attached hydrogens (tertiary/aromatic N) is 2. The molecule has 0 saturated carbocycles. The zero-order valence-corrected chi connectivity index (χ0v) is 17.6. The van der Waals surface area contributed by atoms with E-state index in [4.69, 9.17) is 5.73 Å². The molecule has 0 bridgehead atoms. The minimum Gasteiger partial charge on any atom is -0.398 e. The first-order valence-electron chi connectivity index (χ1n) is 10.6. The Morgan fingerprint density at radius 1 is 1.17 bits per heavy atom.